The van der Waals surface area contributed by atoms with Gasteiger partial charge < -0.3 is 24.1 Å². The minimum atomic E-state index is -0.285. The summed E-state index contributed by atoms with van der Waals surface area (Å²) in [6, 6.07) is 1.91. The standard InChI is InChI=1S/C24H34N2O5/c27-21(5-4-17-6-9-30-14-17)26-13-19(24(16-26)7-10-29-11-8-24)12-25-23(28)22-20-3-1-2-18(20)15-31-22/h6,9,14,18-20,22H,1-5,7-8,10-13,15-16H2,(H,25,28)/t18-,19?,20-,22+/m0/s1. The lowest BCUT2D eigenvalue weighted by molar-refractivity contribution is -0.132. The van der Waals surface area contributed by atoms with Gasteiger partial charge in [0.05, 0.1) is 19.1 Å². The van der Waals surface area contributed by atoms with Gasteiger partial charge in [-0.05, 0) is 61.0 Å². The van der Waals surface area contributed by atoms with Crippen LogP contribution in [0, 0.1) is 23.2 Å². The van der Waals surface area contributed by atoms with Gasteiger partial charge in [-0.3, -0.25) is 9.59 Å². The van der Waals surface area contributed by atoms with Crippen LogP contribution in [0.5, 0.6) is 0 Å². The number of rotatable bonds is 6. The number of likely N-dealkylation sites (tertiary alicyclic amines) is 1. The molecule has 3 aliphatic heterocycles. The van der Waals surface area contributed by atoms with E-state index in [9.17, 15) is 9.59 Å². The highest BCUT2D eigenvalue weighted by Crippen LogP contribution is 2.44. The number of nitrogens with one attached hydrogen (secondary N) is 1. The van der Waals surface area contributed by atoms with Crippen molar-refractivity contribution in [1.29, 1.82) is 0 Å². The van der Waals surface area contributed by atoms with Gasteiger partial charge in [-0.2, -0.15) is 0 Å². The van der Waals surface area contributed by atoms with Crippen molar-refractivity contribution in [3.8, 4) is 0 Å². The Kier molecular flexibility index (Phi) is 6.06. The molecule has 4 fully saturated rings. The Balaban J connectivity index is 1.20. The molecule has 1 aromatic rings. The molecule has 1 aromatic heterocycles. The molecule has 7 nitrogen and oxygen atoms in total. The molecule has 4 heterocycles. The van der Waals surface area contributed by atoms with Gasteiger partial charge in [0.25, 0.3) is 0 Å². The number of ether oxygens (including phenoxy) is 2. The Morgan fingerprint density at radius 2 is 2.10 bits per heavy atom. The van der Waals surface area contributed by atoms with Crippen LogP contribution in [-0.2, 0) is 25.5 Å². The van der Waals surface area contributed by atoms with Crippen molar-refractivity contribution in [3.63, 3.8) is 0 Å². The Bertz CT molecular complexity index is 773. The van der Waals surface area contributed by atoms with E-state index < -0.39 is 0 Å². The molecule has 1 unspecified atom stereocenters. The molecule has 0 radical (unpaired) electrons. The number of furan rings is 1. The van der Waals surface area contributed by atoms with Crippen LogP contribution in [0.25, 0.3) is 0 Å². The topological polar surface area (TPSA) is 81.0 Å². The second-order valence-corrected chi connectivity index (χ2v) is 9.93. The van der Waals surface area contributed by atoms with E-state index in [1.807, 2.05) is 11.0 Å². The third-order valence-electron chi connectivity index (χ3n) is 8.24. The zero-order valence-corrected chi connectivity index (χ0v) is 18.2. The molecule has 1 spiro atoms. The normalized spacial score (nSPS) is 31.8. The van der Waals surface area contributed by atoms with Gasteiger partial charge in [0.1, 0.15) is 6.10 Å². The zero-order valence-electron chi connectivity index (χ0n) is 18.2. The molecule has 170 valence electrons. The monoisotopic (exact) mass is 430 g/mol. The van der Waals surface area contributed by atoms with Gasteiger partial charge in [0.15, 0.2) is 0 Å². The highest BCUT2D eigenvalue weighted by molar-refractivity contribution is 5.81. The van der Waals surface area contributed by atoms with Gasteiger partial charge in [-0.15, -0.1) is 0 Å². The second-order valence-electron chi connectivity index (χ2n) is 9.93. The lowest BCUT2D eigenvalue weighted by atomic mass is 9.72. The smallest absolute Gasteiger partial charge is 0.249 e. The summed E-state index contributed by atoms with van der Waals surface area (Å²) < 4.78 is 16.6. The number of hydrogen-bond donors (Lipinski definition) is 1. The number of hydrogen-bond acceptors (Lipinski definition) is 5. The van der Waals surface area contributed by atoms with Crippen LogP contribution in [0.2, 0.25) is 0 Å². The molecule has 0 bridgehead atoms. The average Bonchev–Trinajstić information content (AvgIpc) is 3.55. The molecule has 1 aliphatic carbocycles. The van der Waals surface area contributed by atoms with Crippen LogP contribution < -0.4 is 5.32 Å². The number of aryl methyl sites for hydroxylation is 1. The summed E-state index contributed by atoms with van der Waals surface area (Å²) in [6.45, 7) is 4.29. The van der Waals surface area contributed by atoms with Crippen molar-refractivity contribution < 1.29 is 23.5 Å². The number of nitrogens with zero attached hydrogens (tertiary/aromatic N) is 1. The zero-order chi connectivity index (χ0) is 21.3. The Morgan fingerprint density at radius 3 is 2.90 bits per heavy atom. The molecule has 1 N–H and O–H groups in total. The molecule has 5 rings (SSSR count). The largest absolute Gasteiger partial charge is 0.472 e. The van der Waals surface area contributed by atoms with E-state index >= 15 is 0 Å². The first-order valence-electron chi connectivity index (χ1n) is 11.9. The molecule has 31 heavy (non-hydrogen) atoms. The van der Waals surface area contributed by atoms with E-state index in [-0.39, 0.29) is 29.3 Å². The first kappa shape index (κ1) is 21.0. The van der Waals surface area contributed by atoms with Crippen LogP contribution in [0.15, 0.2) is 23.0 Å². The van der Waals surface area contributed by atoms with Crippen LogP contribution in [0.1, 0.15) is 44.1 Å². The summed E-state index contributed by atoms with van der Waals surface area (Å²) >= 11 is 0. The first-order valence-corrected chi connectivity index (χ1v) is 11.9. The Labute approximate surface area is 183 Å². The van der Waals surface area contributed by atoms with Gasteiger partial charge in [0, 0.05) is 45.2 Å². The molecule has 3 saturated heterocycles. The van der Waals surface area contributed by atoms with E-state index in [0.717, 1.165) is 51.2 Å². The van der Waals surface area contributed by atoms with E-state index in [0.29, 0.717) is 37.8 Å². The maximum atomic E-state index is 12.9. The number of amides is 2. The average molecular weight is 431 g/mol. The third-order valence-corrected chi connectivity index (χ3v) is 8.24. The predicted molar refractivity (Wildman–Crippen MR) is 113 cm³/mol. The molecule has 0 aromatic carbocycles. The summed E-state index contributed by atoms with van der Waals surface area (Å²) in [7, 11) is 0. The van der Waals surface area contributed by atoms with Crippen molar-refractivity contribution in [2.75, 3.05) is 39.5 Å². The van der Waals surface area contributed by atoms with Crippen LogP contribution in [-0.4, -0.2) is 62.3 Å². The van der Waals surface area contributed by atoms with E-state index in [1.54, 1.807) is 12.5 Å². The number of carbonyl (C=O) groups excluding carboxylic acids is 2. The summed E-state index contributed by atoms with van der Waals surface area (Å²) in [6.07, 6.45) is 9.66. The molecule has 4 atom stereocenters. The minimum absolute atomic E-state index is 0.0429. The Morgan fingerprint density at radius 1 is 1.23 bits per heavy atom. The van der Waals surface area contributed by atoms with Gasteiger partial charge in [-0.1, -0.05) is 6.42 Å². The fraction of sp³-hybridized carbons (Fsp3) is 0.750. The van der Waals surface area contributed by atoms with E-state index in [4.69, 9.17) is 13.9 Å². The quantitative estimate of drug-likeness (QED) is 0.750. The fourth-order valence-electron chi connectivity index (χ4n) is 6.31. The lowest BCUT2D eigenvalue weighted by Gasteiger charge is -2.38. The first-order chi connectivity index (χ1) is 15.1. The molecular weight excluding hydrogens is 396 g/mol. The number of fused-ring (bicyclic) bond motifs is 1. The van der Waals surface area contributed by atoms with Crippen molar-refractivity contribution in [1.82, 2.24) is 10.2 Å². The van der Waals surface area contributed by atoms with Gasteiger partial charge in [-0.25, -0.2) is 0 Å². The van der Waals surface area contributed by atoms with Crippen molar-refractivity contribution >= 4 is 11.8 Å². The second kappa shape index (κ2) is 8.94. The summed E-state index contributed by atoms with van der Waals surface area (Å²) in [4.78, 5) is 27.9. The fourth-order valence-corrected chi connectivity index (χ4v) is 6.31. The van der Waals surface area contributed by atoms with Gasteiger partial charge in [0.2, 0.25) is 11.8 Å². The molecular formula is C24H34N2O5. The van der Waals surface area contributed by atoms with Crippen molar-refractivity contribution in [2.45, 2.75) is 51.0 Å². The molecule has 2 amide bonds. The maximum Gasteiger partial charge on any atom is 0.249 e. The highest BCUT2D eigenvalue weighted by Gasteiger charge is 2.49. The lowest BCUT2D eigenvalue weighted by Crippen LogP contribution is -2.45. The van der Waals surface area contributed by atoms with Crippen molar-refractivity contribution in [2.24, 2.45) is 23.2 Å². The maximum absolute atomic E-state index is 12.9. The van der Waals surface area contributed by atoms with Crippen LogP contribution >= 0.6 is 0 Å². The predicted octanol–water partition coefficient (Wildman–Crippen LogP) is 2.40. The van der Waals surface area contributed by atoms with Crippen LogP contribution in [0.4, 0.5) is 0 Å². The summed E-state index contributed by atoms with van der Waals surface area (Å²) in [5, 5.41) is 3.21. The highest BCUT2D eigenvalue weighted by atomic mass is 16.5. The molecule has 7 heteroatoms. The number of carbonyl (C=O) groups is 2. The summed E-state index contributed by atoms with van der Waals surface area (Å²) in [5.41, 5.74) is 1.10. The SMILES string of the molecule is O=C(NCC1CN(C(=O)CCc2ccoc2)CC12CCOCC2)[C@@H]1OC[C@@H]2CCC[C@@H]21. The van der Waals surface area contributed by atoms with Crippen LogP contribution in [0.3, 0.4) is 0 Å². The van der Waals surface area contributed by atoms with Crippen molar-refractivity contribution in [3.05, 3.63) is 24.2 Å². The molecule has 4 aliphatic rings. The van der Waals surface area contributed by atoms with Gasteiger partial charge >= 0.3 is 0 Å². The summed E-state index contributed by atoms with van der Waals surface area (Å²) in [5.74, 6) is 1.45. The Hall–Kier alpha value is -1.86. The van der Waals surface area contributed by atoms with E-state index in [1.165, 1.54) is 12.8 Å². The third kappa shape index (κ3) is 4.27. The van der Waals surface area contributed by atoms with E-state index in [2.05, 4.69) is 5.32 Å². The molecule has 1 saturated carbocycles. The minimum Gasteiger partial charge on any atom is -0.472 e.